The van der Waals surface area contributed by atoms with Crippen molar-refractivity contribution in [3.63, 3.8) is 0 Å². The van der Waals surface area contributed by atoms with E-state index in [1.165, 1.54) is 0 Å². The number of ether oxygens (including phenoxy) is 1. The van der Waals surface area contributed by atoms with Gasteiger partial charge in [0.05, 0.1) is 12.2 Å². The zero-order valence-electron chi connectivity index (χ0n) is 10.5. The molecule has 0 radical (unpaired) electrons. The normalized spacial score (nSPS) is 18.8. The average molecular weight is 248 g/mol. The maximum Gasteiger partial charge on any atom is 0.169 e. The first-order valence-electron chi connectivity index (χ1n) is 6.70. The molecule has 1 aromatic rings. The number of carbonyl (C=O) groups excluding carboxylic acids is 1. The van der Waals surface area contributed by atoms with Crippen LogP contribution in [0.1, 0.15) is 65.9 Å². The van der Waals surface area contributed by atoms with Crippen molar-refractivity contribution in [1.82, 2.24) is 0 Å². The summed E-state index contributed by atoms with van der Waals surface area (Å²) >= 11 is 0. The van der Waals surface area contributed by atoms with Crippen molar-refractivity contribution in [1.29, 1.82) is 0 Å². The second-order valence-corrected chi connectivity index (χ2v) is 5.21. The van der Waals surface area contributed by atoms with Crippen LogP contribution in [0.3, 0.4) is 0 Å². The third-order valence-corrected chi connectivity index (χ3v) is 3.74. The predicted molar refractivity (Wildman–Crippen MR) is 66.9 cm³/mol. The lowest BCUT2D eigenvalue weighted by Gasteiger charge is -2.15. The van der Waals surface area contributed by atoms with Gasteiger partial charge in [-0.25, -0.2) is 4.39 Å². The number of halogens is 1. The van der Waals surface area contributed by atoms with Crippen molar-refractivity contribution in [3.8, 4) is 5.75 Å². The number of rotatable bonds is 5. The van der Waals surface area contributed by atoms with Crippen LogP contribution >= 0.6 is 0 Å². The van der Waals surface area contributed by atoms with E-state index in [-0.39, 0.29) is 11.6 Å². The molecule has 0 heterocycles. The first kappa shape index (κ1) is 11.7. The van der Waals surface area contributed by atoms with Crippen molar-refractivity contribution in [3.05, 3.63) is 28.6 Å². The summed E-state index contributed by atoms with van der Waals surface area (Å²) in [6, 6.07) is 1.85. The minimum Gasteiger partial charge on any atom is -0.490 e. The fourth-order valence-electron chi connectivity index (χ4n) is 2.58. The topological polar surface area (TPSA) is 26.3 Å². The van der Waals surface area contributed by atoms with Gasteiger partial charge in [-0.15, -0.1) is 0 Å². The minimum absolute atomic E-state index is 0.152. The van der Waals surface area contributed by atoms with E-state index < -0.39 is 0 Å². The van der Waals surface area contributed by atoms with Crippen LogP contribution in [0, 0.1) is 5.82 Å². The van der Waals surface area contributed by atoms with Crippen LogP contribution < -0.4 is 4.74 Å². The number of hydrogen-bond acceptors (Lipinski definition) is 2. The van der Waals surface area contributed by atoms with E-state index in [0.29, 0.717) is 30.3 Å². The van der Waals surface area contributed by atoms with Gasteiger partial charge in [0.25, 0.3) is 0 Å². The maximum atomic E-state index is 14.6. The van der Waals surface area contributed by atoms with Crippen molar-refractivity contribution in [2.24, 2.45) is 0 Å². The summed E-state index contributed by atoms with van der Waals surface area (Å²) in [4.78, 5) is 11.1. The van der Waals surface area contributed by atoms with Crippen LogP contribution in [0.15, 0.2) is 6.07 Å². The van der Waals surface area contributed by atoms with Gasteiger partial charge >= 0.3 is 0 Å². The summed E-state index contributed by atoms with van der Waals surface area (Å²) in [5.41, 5.74) is 2.24. The molecule has 0 spiro atoms. The van der Waals surface area contributed by atoms with Gasteiger partial charge in [0.15, 0.2) is 17.9 Å². The summed E-state index contributed by atoms with van der Waals surface area (Å²) in [5.74, 6) is 0.676. The summed E-state index contributed by atoms with van der Waals surface area (Å²) in [5, 5.41) is 0. The number of benzene rings is 1. The smallest absolute Gasteiger partial charge is 0.169 e. The zero-order chi connectivity index (χ0) is 12.7. The lowest BCUT2D eigenvalue weighted by atomic mass is 9.95. The van der Waals surface area contributed by atoms with Crippen LogP contribution in [0.25, 0.3) is 0 Å². The zero-order valence-corrected chi connectivity index (χ0v) is 10.5. The molecule has 0 atom stereocenters. The molecule has 2 nitrogen and oxygen atoms in total. The molecule has 0 N–H and O–H groups in total. The third-order valence-electron chi connectivity index (χ3n) is 3.74. The fourth-order valence-corrected chi connectivity index (χ4v) is 2.58. The standard InChI is InChI=1S/C15H17FO2/c1-2-18-15-11(8-17)7-12(9-3-4-9)13(14(15)16)10-5-6-10/h7-10H,2-6H2,1H3. The van der Waals surface area contributed by atoms with Crippen molar-refractivity contribution >= 4 is 6.29 Å². The quantitative estimate of drug-likeness (QED) is 0.741. The Morgan fingerprint density at radius 2 is 2.00 bits per heavy atom. The largest absolute Gasteiger partial charge is 0.490 e. The van der Waals surface area contributed by atoms with E-state index in [9.17, 15) is 9.18 Å². The summed E-state index contributed by atoms with van der Waals surface area (Å²) in [7, 11) is 0. The number of hydrogen-bond donors (Lipinski definition) is 0. The molecule has 0 unspecified atom stereocenters. The molecule has 2 saturated carbocycles. The molecular formula is C15H17FO2. The van der Waals surface area contributed by atoms with Gasteiger partial charge in [-0.3, -0.25) is 4.79 Å². The van der Waals surface area contributed by atoms with Gasteiger partial charge < -0.3 is 4.74 Å². The van der Waals surface area contributed by atoms with Crippen molar-refractivity contribution < 1.29 is 13.9 Å². The average Bonchev–Trinajstić information content (AvgIpc) is 3.23. The fraction of sp³-hybridized carbons (Fsp3) is 0.533. The Labute approximate surface area is 106 Å². The minimum atomic E-state index is -0.286. The highest BCUT2D eigenvalue weighted by atomic mass is 19.1. The van der Waals surface area contributed by atoms with Gasteiger partial charge in [0.2, 0.25) is 0 Å². The lowest BCUT2D eigenvalue weighted by Crippen LogP contribution is -2.05. The SMILES string of the molecule is CCOc1c(C=O)cc(C2CC2)c(C2CC2)c1F. The lowest BCUT2D eigenvalue weighted by molar-refractivity contribution is 0.111. The summed E-state index contributed by atoms with van der Waals surface area (Å²) < 4.78 is 19.9. The van der Waals surface area contributed by atoms with E-state index in [0.717, 1.165) is 36.8 Å². The Morgan fingerprint density at radius 1 is 1.33 bits per heavy atom. The Hall–Kier alpha value is -1.38. The highest BCUT2D eigenvalue weighted by Gasteiger charge is 2.37. The second kappa shape index (κ2) is 4.38. The molecule has 0 aliphatic heterocycles. The van der Waals surface area contributed by atoms with E-state index in [1.54, 1.807) is 6.92 Å². The van der Waals surface area contributed by atoms with Gasteiger partial charge in [-0.2, -0.15) is 0 Å². The van der Waals surface area contributed by atoms with Crippen LogP contribution in [-0.2, 0) is 0 Å². The number of aldehydes is 1. The Kier molecular flexibility index (Phi) is 2.84. The Balaban J connectivity index is 2.14. The van der Waals surface area contributed by atoms with Crippen LogP contribution in [-0.4, -0.2) is 12.9 Å². The van der Waals surface area contributed by atoms with Gasteiger partial charge in [-0.1, -0.05) is 0 Å². The molecule has 0 saturated heterocycles. The Bertz CT molecular complexity index is 488. The molecule has 0 bridgehead atoms. The van der Waals surface area contributed by atoms with Crippen LogP contribution in [0.2, 0.25) is 0 Å². The molecular weight excluding hydrogens is 231 g/mol. The monoisotopic (exact) mass is 248 g/mol. The molecule has 0 aromatic heterocycles. The molecule has 3 heteroatoms. The van der Waals surface area contributed by atoms with E-state index in [2.05, 4.69) is 0 Å². The van der Waals surface area contributed by atoms with Crippen LogP contribution in [0.5, 0.6) is 5.75 Å². The molecule has 2 aliphatic carbocycles. The van der Waals surface area contributed by atoms with Gasteiger partial charge in [0, 0.05) is 0 Å². The predicted octanol–water partition coefficient (Wildman–Crippen LogP) is 3.79. The van der Waals surface area contributed by atoms with Gasteiger partial charge in [0.1, 0.15) is 0 Å². The Morgan fingerprint density at radius 3 is 2.50 bits per heavy atom. The molecule has 0 amide bonds. The van der Waals surface area contributed by atoms with Gasteiger partial charge in [-0.05, 0) is 61.6 Å². The molecule has 96 valence electrons. The van der Waals surface area contributed by atoms with Crippen molar-refractivity contribution in [2.45, 2.75) is 44.4 Å². The molecule has 3 rings (SSSR count). The maximum absolute atomic E-state index is 14.6. The van der Waals surface area contributed by atoms with Crippen molar-refractivity contribution in [2.75, 3.05) is 6.61 Å². The molecule has 1 aromatic carbocycles. The first-order valence-corrected chi connectivity index (χ1v) is 6.70. The number of carbonyl (C=O) groups is 1. The summed E-state index contributed by atoms with van der Waals surface area (Å²) in [6.07, 6.45) is 5.05. The second-order valence-electron chi connectivity index (χ2n) is 5.21. The molecule has 18 heavy (non-hydrogen) atoms. The molecule has 2 fully saturated rings. The molecule has 2 aliphatic rings. The highest BCUT2D eigenvalue weighted by molar-refractivity contribution is 5.80. The highest BCUT2D eigenvalue weighted by Crippen LogP contribution is 2.51. The summed E-state index contributed by atoms with van der Waals surface area (Å²) in [6.45, 7) is 2.18. The van der Waals surface area contributed by atoms with E-state index in [1.807, 2.05) is 6.07 Å². The van der Waals surface area contributed by atoms with Crippen LogP contribution in [0.4, 0.5) is 4.39 Å². The first-order chi connectivity index (χ1) is 8.76. The van der Waals surface area contributed by atoms with E-state index in [4.69, 9.17) is 4.74 Å². The van der Waals surface area contributed by atoms with E-state index >= 15 is 0 Å². The third kappa shape index (κ3) is 1.92.